The van der Waals surface area contributed by atoms with Crippen LogP contribution in [-0.4, -0.2) is 27.5 Å². The lowest BCUT2D eigenvalue weighted by molar-refractivity contribution is 0.415. The Balaban J connectivity index is 2.36. The first-order chi connectivity index (χ1) is 8.89. The molecule has 0 heterocycles. The van der Waals surface area contributed by atoms with Gasteiger partial charge in [-0.3, -0.25) is 0 Å². The summed E-state index contributed by atoms with van der Waals surface area (Å²) in [5.74, 6) is 0.745. The van der Waals surface area contributed by atoms with Gasteiger partial charge in [0.05, 0.1) is 12.9 Å². The van der Waals surface area contributed by atoms with Crippen LogP contribution in [0.5, 0.6) is 5.75 Å². The minimum Gasteiger partial charge on any atom is -0.497 e. The lowest BCUT2D eigenvalue weighted by Gasteiger charge is -2.12. The Bertz CT molecular complexity index is 695. The summed E-state index contributed by atoms with van der Waals surface area (Å²) in [5.41, 5.74) is 6.75. The van der Waals surface area contributed by atoms with E-state index >= 15 is 0 Å². The molecule has 1 atom stereocenters. The molecule has 102 valence electrons. The molecule has 5 heteroatoms. The van der Waals surface area contributed by atoms with E-state index in [9.17, 15) is 8.42 Å². The lowest BCUT2D eigenvalue weighted by atomic mass is 10.0. The van der Waals surface area contributed by atoms with E-state index < -0.39 is 15.9 Å². The molecule has 19 heavy (non-hydrogen) atoms. The van der Waals surface area contributed by atoms with Gasteiger partial charge in [0, 0.05) is 12.3 Å². The van der Waals surface area contributed by atoms with Crippen molar-refractivity contribution in [3.63, 3.8) is 0 Å². The molecule has 0 radical (unpaired) electrons. The molecule has 0 aliphatic rings. The van der Waals surface area contributed by atoms with Crippen LogP contribution in [-0.2, 0) is 9.84 Å². The van der Waals surface area contributed by atoms with Gasteiger partial charge in [0.1, 0.15) is 15.6 Å². The third-order valence-electron chi connectivity index (χ3n) is 2.98. The number of fused-ring (bicyclic) bond motifs is 1. The number of nitrogens with two attached hydrogens (primary N) is 1. The predicted octanol–water partition coefficient (Wildman–Crippen LogP) is 1.89. The first kappa shape index (κ1) is 13.8. The van der Waals surface area contributed by atoms with E-state index in [2.05, 4.69) is 0 Å². The second-order valence-electron chi connectivity index (χ2n) is 4.67. The van der Waals surface area contributed by atoms with Gasteiger partial charge in [-0.25, -0.2) is 8.42 Å². The van der Waals surface area contributed by atoms with Crippen molar-refractivity contribution in [1.29, 1.82) is 0 Å². The molecule has 0 saturated carbocycles. The van der Waals surface area contributed by atoms with Crippen molar-refractivity contribution in [1.82, 2.24) is 0 Å². The monoisotopic (exact) mass is 279 g/mol. The van der Waals surface area contributed by atoms with Crippen molar-refractivity contribution in [2.45, 2.75) is 6.04 Å². The molecule has 0 aliphatic carbocycles. The SMILES string of the molecule is COc1ccc2cc(C(N)CS(C)(=O)=O)ccc2c1. The molecule has 2 aromatic carbocycles. The van der Waals surface area contributed by atoms with Crippen molar-refractivity contribution in [3.8, 4) is 5.75 Å². The first-order valence-electron chi connectivity index (χ1n) is 5.90. The topological polar surface area (TPSA) is 69.4 Å². The maximum Gasteiger partial charge on any atom is 0.149 e. The minimum absolute atomic E-state index is 0.0470. The van der Waals surface area contributed by atoms with E-state index in [1.165, 1.54) is 6.26 Å². The van der Waals surface area contributed by atoms with Crippen LogP contribution in [0.3, 0.4) is 0 Å². The van der Waals surface area contributed by atoms with Crippen molar-refractivity contribution in [2.24, 2.45) is 5.73 Å². The third-order valence-corrected chi connectivity index (χ3v) is 3.95. The molecule has 2 N–H and O–H groups in total. The van der Waals surface area contributed by atoms with Crippen molar-refractivity contribution in [2.75, 3.05) is 19.1 Å². The molecule has 0 saturated heterocycles. The highest BCUT2D eigenvalue weighted by Crippen LogP contribution is 2.24. The Hall–Kier alpha value is -1.59. The van der Waals surface area contributed by atoms with Gasteiger partial charge in [-0.15, -0.1) is 0 Å². The predicted molar refractivity (Wildman–Crippen MR) is 77.1 cm³/mol. The molecule has 0 amide bonds. The van der Waals surface area contributed by atoms with Crippen LogP contribution >= 0.6 is 0 Å². The molecule has 4 nitrogen and oxygen atoms in total. The maximum absolute atomic E-state index is 11.3. The van der Waals surface area contributed by atoms with Crippen molar-refractivity contribution in [3.05, 3.63) is 42.0 Å². The van der Waals surface area contributed by atoms with Gasteiger partial charge < -0.3 is 10.5 Å². The van der Waals surface area contributed by atoms with E-state index in [-0.39, 0.29) is 5.75 Å². The summed E-state index contributed by atoms with van der Waals surface area (Å²) >= 11 is 0. The van der Waals surface area contributed by atoms with Crippen LogP contribution in [0.25, 0.3) is 10.8 Å². The number of benzene rings is 2. The fourth-order valence-electron chi connectivity index (χ4n) is 2.02. The number of methoxy groups -OCH3 is 1. The summed E-state index contributed by atoms with van der Waals surface area (Å²) in [6.45, 7) is 0. The number of hydrogen-bond donors (Lipinski definition) is 1. The summed E-state index contributed by atoms with van der Waals surface area (Å²) in [6.07, 6.45) is 1.19. The normalized spacial score (nSPS) is 13.4. The molecular weight excluding hydrogens is 262 g/mol. The van der Waals surface area contributed by atoms with E-state index in [4.69, 9.17) is 10.5 Å². The Morgan fingerprint density at radius 1 is 1.16 bits per heavy atom. The van der Waals surface area contributed by atoms with Gasteiger partial charge >= 0.3 is 0 Å². The standard InChI is InChI=1S/C14H17NO3S/c1-18-13-6-5-10-7-12(4-3-11(10)8-13)14(15)9-19(2,16)17/h3-8,14H,9,15H2,1-2H3. The van der Waals surface area contributed by atoms with Gasteiger partial charge in [0.25, 0.3) is 0 Å². The third kappa shape index (κ3) is 3.45. The van der Waals surface area contributed by atoms with Crippen LogP contribution < -0.4 is 10.5 Å². The van der Waals surface area contributed by atoms with E-state index in [0.717, 1.165) is 22.1 Å². The number of rotatable bonds is 4. The zero-order valence-electron chi connectivity index (χ0n) is 11.0. The summed E-state index contributed by atoms with van der Waals surface area (Å²) in [7, 11) is -1.46. The Morgan fingerprint density at radius 2 is 1.79 bits per heavy atom. The van der Waals surface area contributed by atoms with Crippen molar-refractivity contribution >= 4 is 20.6 Å². The highest BCUT2D eigenvalue weighted by molar-refractivity contribution is 7.90. The van der Waals surface area contributed by atoms with Crippen LogP contribution in [0.1, 0.15) is 11.6 Å². The molecular formula is C14H17NO3S. The summed E-state index contributed by atoms with van der Waals surface area (Å²) in [5, 5.41) is 2.05. The summed E-state index contributed by atoms with van der Waals surface area (Å²) < 4.78 is 27.7. The van der Waals surface area contributed by atoms with Gasteiger partial charge in [-0.1, -0.05) is 18.2 Å². The van der Waals surface area contributed by atoms with Crippen molar-refractivity contribution < 1.29 is 13.2 Å². The molecule has 1 unspecified atom stereocenters. The average molecular weight is 279 g/mol. The number of sulfone groups is 1. The smallest absolute Gasteiger partial charge is 0.149 e. The average Bonchev–Trinajstić information content (AvgIpc) is 2.35. The van der Waals surface area contributed by atoms with Crippen LogP contribution in [0.15, 0.2) is 36.4 Å². The summed E-state index contributed by atoms with van der Waals surface area (Å²) in [4.78, 5) is 0. The van der Waals surface area contributed by atoms with Crippen LogP contribution in [0, 0.1) is 0 Å². The Labute approximate surface area is 113 Å². The van der Waals surface area contributed by atoms with Gasteiger partial charge in [0.2, 0.25) is 0 Å². The van der Waals surface area contributed by atoms with Gasteiger partial charge in [-0.05, 0) is 34.5 Å². The van der Waals surface area contributed by atoms with E-state index in [1.807, 2.05) is 36.4 Å². The zero-order chi connectivity index (χ0) is 14.0. The lowest BCUT2D eigenvalue weighted by Crippen LogP contribution is -2.20. The zero-order valence-corrected chi connectivity index (χ0v) is 11.8. The fraction of sp³-hybridized carbons (Fsp3) is 0.286. The number of ether oxygens (including phenoxy) is 1. The largest absolute Gasteiger partial charge is 0.497 e. The van der Waals surface area contributed by atoms with Gasteiger partial charge in [-0.2, -0.15) is 0 Å². The highest BCUT2D eigenvalue weighted by atomic mass is 32.2. The van der Waals surface area contributed by atoms with Gasteiger partial charge in [0.15, 0.2) is 0 Å². The molecule has 2 rings (SSSR count). The molecule has 0 bridgehead atoms. The Morgan fingerprint density at radius 3 is 2.42 bits per heavy atom. The Kier molecular flexibility index (Phi) is 3.78. The summed E-state index contributed by atoms with van der Waals surface area (Å²) in [6, 6.07) is 10.9. The highest BCUT2D eigenvalue weighted by Gasteiger charge is 2.13. The minimum atomic E-state index is -3.08. The second kappa shape index (κ2) is 5.19. The van der Waals surface area contributed by atoms with Crippen LogP contribution in [0.4, 0.5) is 0 Å². The van der Waals surface area contributed by atoms with Crippen LogP contribution in [0.2, 0.25) is 0 Å². The first-order valence-corrected chi connectivity index (χ1v) is 7.96. The van der Waals surface area contributed by atoms with E-state index in [0.29, 0.717) is 0 Å². The fourth-order valence-corrected chi connectivity index (χ4v) is 2.87. The molecule has 0 fully saturated rings. The quantitative estimate of drug-likeness (QED) is 0.928. The number of hydrogen-bond acceptors (Lipinski definition) is 4. The maximum atomic E-state index is 11.3. The molecule has 0 aliphatic heterocycles. The molecule has 2 aromatic rings. The molecule has 0 aromatic heterocycles. The molecule has 0 spiro atoms. The second-order valence-corrected chi connectivity index (χ2v) is 6.86. The van der Waals surface area contributed by atoms with E-state index in [1.54, 1.807) is 7.11 Å².